The first-order chi connectivity index (χ1) is 12.5. The van der Waals surface area contributed by atoms with Crippen molar-refractivity contribution >= 4 is 29.3 Å². The standard InChI is InChI=1S/C16H15ClN4O5/c17-12-4-2-1-3-10(12)8-20-14(5-6-18-20)19-15(22)9-26-16(23)11-7-13(11)21(24)25/h1-6,11,13H,7-9H2,(H,19,22). The number of halogens is 1. The second kappa shape index (κ2) is 7.52. The Morgan fingerprint density at radius 2 is 2.15 bits per heavy atom. The highest BCUT2D eigenvalue weighted by molar-refractivity contribution is 6.31. The molecule has 0 spiro atoms. The second-order valence-corrected chi connectivity index (χ2v) is 6.22. The molecule has 2 atom stereocenters. The molecule has 0 saturated heterocycles. The molecule has 1 fully saturated rings. The number of hydrogen-bond acceptors (Lipinski definition) is 6. The smallest absolute Gasteiger partial charge is 0.316 e. The fourth-order valence-electron chi connectivity index (χ4n) is 2.44. The van der Waals surface area contributed by atoms with Crippen LogP contribution in [0.2, 0.25) is 5.02 Å². The van der Waals surface area contributed by atoms with Gasteiger partial charge in [-0.05, 0) is 11.6 Å². The molecule has 0 radical (unpaired) electrons. The molecule has 1 aliphatic rings. The summed E-state index contributed by atoms with van der Waals surface area (Å²) in [6.07, 6.45) is 1.67. The predicted molar refractivity (Wildman–Crippen MR) is 91.3 cm³/mol. The van der Waals surface area contributed by atoms with Gasteiger partial charge in [0.2, 0.25) is 6.04 Å². The van der Waals surface area contributed by atoms with Crippen LogP contribution < -0.4 is 5.32 Å². The van der Waals surface area contributed by atoms with Crippen molar-refractivity contribution in [1.82, 2.24) is 9.78 Å². The van der Waals surface area contributed by atoms with Crippen LogP contribution in [0.4, 0.5) is 5.82 Å². The van der Waals surface area contributed by atoms with Crippen LogP contribution in [0.1, 0.15) is 12.0 Å². The Labute approximate surface area is 153 Å². The average Bonchev–Trinajstić information content (AvgIpc) is 3.31. The third-order valence-corrected chi connectivity index (χ3v) is 4.31. The van der Waals surface area contributed by atoms with E-state index in [1.54, 1.807) is 16.8 Å². The Hall–Kier alpha value is -2.94. The van der Waals surface area contributed by atoms with E-state index in [1.165, 1.54) is 6.20 Å². The summed E-state index contributed by atoms with van der Waals surface area (Å²) in [5, 5.41) is 17.8. The molecule has 2 unspecified atom stereocenters. The number of amides is 1. The topological polar surface area (TPSA) is 116 Å². The van der Waals surface area contributed by atoms with E-state index in [0.717, 1.165) is 5.56 Å². The molecule has 10 heteroatoms. The van der Waals surface area contributed by atoms with Gasteiger partial charge in [0, 0.05) is 22.4 Å². The molecule has 2 aromatic rings. The molecule has 0 bridgehead atoms. The van der Waals surface area contributed by atoms with Crippen LogP contribution in [0.3, 0.4) is 0 Å². The number of esters is 1. The van der Waals surface area contributed by atoms with Gasteiger partial charge < -0.3 is 10.1 Å². The van der Waals surface area contributed by atoms with Crippen LogP contribution in [-0.2, 0) is 20.9 Å². The highest BCUT2D eigenvalue weighted by Gasteiger charge is 2.54. The van der Waals surface area contributed by atoms with Gasteiger partial charge in [-0.1, -0.05) is 29.8 Å². The van der Waals surface area contributed by atoms with Crippen LogP contribution in [0.15, 0.2) is 36.5 Å². The molecular formula is C16H15ClN4O5. The van der Waals surface area contributed by atoms with Gasteiger partial charge in [-0.15, -0.1) is 0 Å². The molecule has 1 aliphatic carbocycles. The van der Waals surface area contributed by atoms with Crippen LogP contribution in [0.5, 0.6) is 0 Å². The Bertz CT molecular complexity index is 853. The van der Waals surface area contributed by atoms with Gasteiger partial charge in [0.05, 0.1) is 12.7 Å². The van der Waals surface area contributed by atoms with Crippen LogP contribution in [0, 0.1) is 16.0 Å². The van der Waals surface area contributed by atoms with Crippen LogP contribution >= 0.6 is 11.6 Å². The predicted octanol–water partition coefficient (Wildman–Crippen LogP) is 1.73. The van der Waals surface area contributed by atoms with E-state index in [4.69, 9.17) is 16.3 Å². The number of carbonyl (C=O) groups excluding carboxylic acids is 2. The van der Waals surface area contributed by atoms with Gasteiger partial charge in [0.15, 0.2) is 6.61 Å². The van der Waals surface area contributed by atoms with Gasteiger partial charge in [-0.2, -0.15) is 5.10 Å². The van der Waals surface area contributed by atoms with Crippen molar-refractivity contribution in [3.8, 4) is 0 Å². The van der Waals surface area contributed by atoms with E-state index in [1.807, 2.05) is 18.2 Å². The zero-order valence-electron chi connectivity index (χ0n) is 13.5. The molecule has 26 heavy (non-hydrogen) atoms. The lowest BCUT2D eigenvalue weighted by atomic mass is 10.2. The van der Waals surface area contributed by atoms with Crippen molar-refractivity contribution in [2.24, 2.45) is 5.92 Å². The Balaban J connectivity index is 1.52. The lowest BCUT2D eigenvalue weighted by Gasteiger charge is -2.10. The normalized spacial score (nSPS) is 18.2. The number of nitrogens with one attached hydrogen (secondary N) is 1. The molecule has 1 heterocycles. The fourth-order valence-corrected chi connectivity index (χ4v) is 2.64. The van der Waals surface area contributed by atoms with Gasteiger partial charge >= 0.3 is 5.97 Å². The van der Waals surface area contributed by atoms with Crippen molar-refractivity contribution in [2.45, 2.75) is 19.0 Å². The van der Waals surface area contributed by atoms with Gasteiger partial charge in [0.25, 0.3) is 5.91 Å². The lowest BCUT2D eigenvalue weighted by Crippen LogP contribution is -2.24. The number of ether oxygens (including phenoxy) is 1. The zero-order valence-corrected chi connectivity index (χ0v) is 14.3. The summed E-state index contributed by atoms with van der Waals surface area (Å²) < 4.78 is 6.37. The van der Waals surface area contributed by atoms with E-state index in [0.29, 0.717) is 17.4 Å². The fraction of sp³-hybridized carbons (Fsp3) is 0.312. The summed E-state index contributed by atoms with van der Waals surface area (Å²) in [6, 6.07) is 7.96. The third kappa shape index (κ3) is 4.17. The quantitative estimate of drug-likeness (QED) is 0.445. The molecule has 136 valence electrons. The first-order valence-electron chi connectivity index (χ1n) is 7.81. The highest BCUT2D eigenvalue weighted by Crippen LogP contribution is 2.34. The second-order valence-electron chi connectivity index (χ2n) is 5.82. The van der Waals surface area contributed by atoms with E-state index < -0.39 is 35.4 Å². The molecule has 1 saturated carbocycles. The van der Waals surface area contributed by atoms with Crippen molar-refractivity contribution < 1.29 is 19.2 Å². The summed E-state index contributed by atoms with van der Waals surface area (Å²) in [7, 11) is 0. The molecular weight excluding hydrogens is 364 g/mol. The van der Waals surface area contributed by atoms with Crippen LogP contribution in [0.25, 0.3) is 0 Å². The number of anilines is 1. The Morgan fingerprint density at radius 3 is 2.85 bits per heavy atom. The van der Waals surface area contributed by atoms with Crippen LogP contribution in [-0.4, -0.2) is 39.2 Å². The molecule has 1 amide bonds. The molecule has 9 nitrogen and oxygen atoms in total. The monoisotopic (exact) mass is 378 g/mol. The maximum Gasteiger partial charge on any atom is 0.316 e. The molecule has 1 N–H and O–H groups in total. The van der Waals surface area contributed by atoms with Gasteiger partial charge in [0.1, 0.15) is 11.7 Å². The number of nitrogens with zero attached hydrogens (tertiary/aromatic N) is 3. The van der Waals surface area contributed by atoms with E-state index in [2.05, 4.69) is 10.4 Å². The summed E-state index contributed by atoms with van der Waals surface area (Å²) in [5.41, 5.74) is 0.833. The minimum absolute atomic E-state index is 0.151. The number of rotatable bonds is 7. The summed E-state index contributed by atoms with van der Waals surface area (Å²) >= 11 is 6.12. The van der Waals surface area contributed by atoms with Crippen molar-refractivity contribution in [3.05, 3.63) is 57.2 Å². The average molecular weight is 379 g/mol. The minimum atomic E-state index is -0.900. The van der Waals surface area contributed by atoms with Crippen molar-refractivity contribution in [1.29, 1.82) is 0 Å². The van der Waals surface area contributed by atoms with Gasteiger partial charge in [-0.25, -0.2) is 4.68 Å². The highest BCUT2D eigenvalue weighted by atomic mass is 35.5. The molecule has 0 aliphatic heterocycles. The summed E-state index contributed by atoms with van der Waals surface area (Å²) in [6.45, 7) is -0.161. The van der Waals surface area contributed by atoms with Crippen molar-refractivity contribution in [2.75, 3.05) is 11.9 Å². The third-order valence-electron chi connectivity index (χ3n) is 3.94. The van der Waals surface area contributed by atoms with E-state index in [9.17, 15) is 19.7 Å². The number of carbonyl (C=O) groups is 2. The Kier molecular flexibility index (Phi) is 5.17. The Morgan fingerprint density at radius 1 is 1.38 bits per heavy atom. The zero-order chi connectivity index (χ0) is 18.7. The minimum Gasteiger partial charge on any atom is -0.455 e. The van der Waals surface area contributed by atoms with E-state index in [-0.39, 0.29) is 6.42 Å². The first-order valence-corrected chi connectivity index (χ1v) is 8.18. The lowest BCUT2D eigenvalue weighted by molar-refractivity contribution is -0.497. The number of aromatic nitrogens is 2. The summed E-state index contributed by atoms with van der Waals surface area (Å²) in [5.74, 6) is -1.63. The molecule has 3 rings (SSSR count). The van der Waals surface area contributed by atoms with Gasteiger partial charge in [-0.3, -0.25) is 19.7 Å². The largest absolute Gasteiger partial charge is 0.455 e. The van der Waals surface area contributed by atoms with E-state index >= 15 is 0 Å². The number of hydrogen-bond donors (Lipinski definition) is 1. The molecule has 1 aromatic heterocycles. The maximum atomic E-state index is 12.0. The summed E-state index contributed by atoms with van der Waals surface area (Å²) in [4.78, 5) is 33.6. The number of nitro groups is 1. The maximum absolute atomic E-state index is 12.0. The SMILES string of the molecule is O=C(COC(=O)C1CC1[N+](=O)[O-])Nc1ccnn1Cc1ccccc1Cl. The molecule has 1 aromatic carbocycles. The first kappa shape index (κ1) is 17.9. The van der Waals surface area contributed by atoms with Crippen molar-refractivity contribution in [3.63, 3.8) is 0 Å². The number of benzene rings is 1.